The van der Waals surface area contributed by atoms with E-state index in [1.165, 1.54) is 12.8 Å². The zero-order valence-electron chi connectivity index (χ0n) is 9.98. The summed E-state index contributed by atoms with van der Waals surface area (Å²) in [6.07, 6.45) is 5.10. The van der Waals surface area contributed by atoms with E-state index >= 15 is 0 Å². The molecule has 2 rings (SSSR count). The SMILES string of the molecule is CCCn1nncc1C(C)(O)CNC1CC1. The van der Waals surface area contributed by atoms with Crippen molar-refractivity contribution in [2.75, 3.05) is 6.54 Å². The molecule has 5 nitrogen and oxygen atoms in total. The van der Waals surface area contributed by atoms with Crippen LogP contribution in [0.3, 0.4) is 0 Å². The van der Waals surface area contributed by atoms with Gasteiger partial charge in [0, 0.05) is 19.1 Å². The first-order chi connectivity index (χ1) is 7.63. The molecule has 1 aromatic rings. The van der Waals surface area contributed by atoms with Gasteiger partial charge in [0.1, 0.15) is 5.60 Å². The molecule has 0 bridgehead atoms. The first-order valence-corrected chi connectivity index (χ1v) is 5.98. The van der Waals surface area contributed by atoms with Crippen molar-refractivity contribution in [3.63, 3.8) is 0 Å². The summed E-state index contributed by atoms with van der Waals surface area (Å²) < 4.78 is 1.79. The van der Waals surface area contributed by atoms with Crippen LogP contribution in [-0.2, 0) is 12.1 Å². The summed E-state index contributed by atoms with van der Waals surface area (Å²) in [4.78, 5) is 0. The van der Waals surface area contributed by atoms with Crippen LogP contribution < -0.4 is 5.32 Å². The van der Waals surface area contributed by atoms with Gasteiger partial charge in [-0.2, -0.15) is 0 Å². The predicted octanol–water partition coefficient (Wildman–Crippen LogP) is 0.648. The monoisotopic (exact) mass is 224 g/mol. The lowest BCUT2D eigenvalue weighted by Gasteiger charge is -2.24. The van der Waals surface area contributed by atoms with Crippen LogP contribution in [0.4, 0.5) is 0 Å². The van der Waals surface area contributed by atoms with Crippen LogP contribution in [0.2, 0.25) is 0 Å². The molecule has 1 fully saturated rings. The predicted molar refractivity (Wildman–Crippen MR) is 60.9 cm³/mol. The van der Waals surface area contributed by atoms with Gasteiger partial charge in [-0.25, -0.2) is 4.68 Å². The van der Waals surface area contributed by atoms with Gasteiger partial charge < -0.3 is 10.4 Å². The maximum atomic E-state index is 10.4. The van der Waals surface area contributed by atoms with Gasteiger partial charge in [0.05, 0.1) is 11.9 Å². The van der Waals surface area contributed by atoms with Gasteiger partial charge in [-0.15, -0.1) is 5.10 Å². The van der Waals surface area contributed by atoms with Crippen molar-refractivity contribution >= 4 is 0 Å². The number of aliphatic hydroxyl groups is 1. The highest BCUT2D eigenvalue weighted by atomic mass is 16.3. The molecule has 1 atom stereocenters. The van der Waals surface area contributed by atoms with Gasteiger partial charge in [-0.3, -0.25) is 0 Å². The standard InChI is InChI=1S/C11H20N4O/c1-3-6-15-10(7-13-14-15)11(2,16)8-12-9-4-5-9/h7,9,12,16H,3-6,8H2,1-2H3. The van der Waals surface area contributed by atoms with E-state index in [2.05, 4.69) is 22.6 Å². The summed E-state index contributed by atoms with van der Waals surface area (Å²) in [7, 11) is 0. The normalized spacial score (nSPS) is 19.7. The topological polar surface area (TPSA) is 63.0 Å². The summed E-state index contributed by atoms with van der Waals surface area (Å²) in [5.74, 6) is 0. The van der Waals surface area contributed by atoms with Crippen molar-refractivity contribution in [3.05, 3.63) is 11.9 Å². The molecule has 1 unspecified atom stereocenters. The van der Waals surface area contributed by atoms with Gasteiger partial charge >= 0.3 is 0 Å². The van der Waals surface area contributed by atoms with Crippen LogP contribution in [0.1, 0.15) is 38.8 Å². The minimum Gasteiger partial charge on any atom is -0.382 e. The number of hydrogen-bond donors (Lipinski definition) is 2. The maximum absolute atomic E-state index is 10.4. The highest BCUT2D eigenvalue weighted by molar-refractivity contribution is 5.08. The fraction of sp³-hybridized carbons (Fsp3) is 0.818. The second-order valence-electron chi connectivity index (χ2n) is 4.77. The van der Waals surface area contributed by atoms with E-state index in [4.69, 9.17) is 0 Å². The lowest BCUT2D eigenvalue weighted by molar-refractivity contribution is 0.0469. The van der Waals surface area contributed by atoms with E-state index in [-0.39, 0.29) is 0 Å². The molecule has 1 aliphatic rings. The van der Waals surface area contributed by atoms with Gasteiger partial charge in [0.15, 0.2) is 0 Å². The van der Waals surface area contributed by atoms with E-state index in [1.807, 2.05) is 6.92 Å². The fourth-order valence-electron chi connectivity index (χ4n) is 1.77. The van der Waals surface area contributed by atoms with Crippen molar-refractivity contribution in [1.29, 1.82) is 0 Å². The van der Waals surface area contributed by atoms with Gasteiger partial charge in [-0.05, 0) is 26.2 Å². The van der Waals surface area contributed by atoms with Crippen LogP contribution in [0.15, 0.2) is 6.20 Å². The Morgan fingerprint density at radius 1 is 1.62 bits per heavy atom. The van der Waals surface area contributed by atoms with Gasteiger partial charge in [0.2, 0.25) is 0 Å². The molecular formula is C11H20N4O. The van der Waals surface area contributed by atoms with Crippen molar-refractivity contribution in [3.8, 4) is 0 Å². The molecule has 2 N–H and O–H groups in total. The Morgan fingerprint density at radius 2 is 2.38 bits per heavy atom. The molecule has 0 aromatic carbocycles. The molecule has 16 heavy (non-hydrogen) atoms. The molecule has 0 saturated heterocycles. The molecule has 0 amide bonds. The average Bonchev–Trinajstić information content (AvgIpc) is 2.95. The number of aromatic nitrogens is 3. The highest BCUT2D eigenvalue weighted by Gasteiger charge is 2.30. The molecule has 1 heterocycles. The lowest BCUT2D eigenvalue weighted by atomic mass is 10.0. The summed E-state index contributed by atoms with van der Waals surface area (Å²) in [6, 6.07) is 0.599. The fourth-order valence-corrected chi connectivity index (χ4v) is 1.77. The van der Waals surface area contributed by atoms with E-state index in [9.17, 15) is 5.11 Å². The zero-order chi connectivity index (χ0) is 11.6. The van der Waals surface area contributed by atoms with E-state index in [0.29, 0.717) is 12.6 Å². The van der Waals surface area contributed by atoms with Crippen LogP contribution >= 0.6 is 0 Å². The largest absolute Gasteiger partial charge is 0.382 e. The highest BCUT2D eigenvalue weighted by Crippen LogP contribution is 2.23. The van der Waals surface area contributed by atoms with Crippen LogP contribution in [0.5, 0.6) is 0 Å². The molecule has 1 aliphatic carbocycles. The second-order valence-corrected chi connectivity index (χ2v) is 4.77. The lowest BCUT2D eigenvalue weighted by Crippen LogP contribution is -2.38. The van der Waals surface area contributed by atoms with E-state index in [1.54, 1.807) is 10.9 Å². The van der Waals surface area contributed by atoms with Crippen molar-refractivity contribution < 1.29 is 5.11 Å². The van der Waals surface area contributed by atoms with Gasteiger partial charge in [0.25, 0.3) is 0 Å². The smallest absolute Gasteiger partial charge is 0.117 e. The Kier molecular flexibility index (Phi) is 3.25. The first kappa shape index (κ1) is 11.5. The molecule has 90 valence electrons. The third-order valence-electron chi connectivity index (χ3n) is 2.92. The van der Waals surface area contributed by atoms with Crippen molar-refractivity contribution in [1.82, 2.24) is 20.3 Å². The quantitative estimate of drug-likeness (QED) is 0.744. The third kappa shape index (κ3) is 2.59. The molecular weight excluding hydrogens is 204 g/mol. The third-order valence-corrected chi connectivity index (χ3v) is 2.92. The van der Waals surface area contributed by atoms with Crippen LogP contribution in [0, 0.1) is 0 Å². The average molecular weight is 224 g/mol. The summed E-state index contributed by atoms with van der Waals surface area (Å²) in [5, 5.41) is 21.6. The van der Waals surface area contributed by atoms with E-state index < -0.39 is 5.60 Å². The Balaban J connectivity index is 2.03. The summed E-state index contributed by atoms with van der Waals surface area (Å²) >= 11 is 0. The number of nitrogens with zero attached hydrogens (tertiary/aromatic N) is 3. The van der Waals surface area contributed by atoms with Gasteiger partial charge in [-0.1, -0.05) is 12.1 Å². The summed E-state index contributed by atoms with van der Waals surface area (Å²) in [6.45, 7) is 5.26. The Bertz CT molecular complexity index is 344. The van der Waals surface area contributed by atoms with Crippen molar-refractivity contribution in [2.24, 2.45) is 0 Å². The molecule has 1 aromatic heterocycles. The molecule has 0 radical (unpaired) electrons. The molecule has 0 aliphatic heterocycles. The van der Waals surface area contributed by atoms with Crippen LogP contribution in [-0.4, -0.2) is 32.7 Å². The Morgan fingerprint density at radius 3 is 3.00 bits per heavy atom. The number of aryl methyl sites for hydroxylation is 1. The minimum atomic E-state index is -0.888. The van der Waals surface area contributed by atoms with E-state index in [0.717, 1.165) is 18.7 Å². The second kappa shape index (κ2) is 4.51. The summed E-state index contributed by atoms with van der Waals surface area (Å²) in [5.41, 5.74) is -0.0937. The first-order valence-electron chi connectivity index (χ1n) is 5.98. The maximum Gasteiger partial charge on any atom is 0.117 e. The molecule has 5 heteroatoms. The minimum absolute atomic E-state index is 0.564. The molecule has 0 spiro atoms. The Hall–Kier alpha value is -0.940. The Labute approximate surface area is 95.8 Å². The number of rotatable bonds is 6. The zero-order valence-corrected chi connectivity index (χ0v) is 9.98. The number of nitrogens with one attached hydrogen (secondary N) is 1. The van der Waals surface area contributed by atoms with Crippen LogP contribution in [0.25, 0.3) is 0 Å². The molecule has 1 saturated carbocycles. The number of hydrogen-bond acceptors (Lipinski definition) is 4. The van der Waals surface area contributed by atoms with Crippen molar-refractivity contribution in [2.45, 2.75) is 51.3 Å².